The van der Waals surface area contributed by atoms with Gasteiger partial charge in [0.25, 0.3) is 5.56 Å². The Labute approximate surface area is 153 Å². The molecule has 1 aromatic heterocycles. The van der Waals surface area contributed by atoms with Crippen LogP contribution in [0.5, 0.6) is 0 Å². The van der Waals surface area contributed by atoms with E-state index in [1.807, 2.05) is 4.90 Å². The highest BCUT2D eigenvalue weighted by Gasteiger charge is 2.26. The summed E-state index contributed by atoms with van der Waals surface area (Å²) in [7, 11) is 0. The van der Waals surface area contributed by atoms with Crippen molar-refractivity contribution >= 4 is 11.6 Å². The van der Waals surface area contributed by atoms with Crippen LogP contribution >= 0.6 is 0 Å². The van der Waals surface area contributed by atoms with E-state index in [9.17, 15) is 9.59 Å². The molecule has 26 heavy (non-hydrogen) atoms. The second-order valence-electron chi connectivity index (χ2n) is 7.24. The SMILES string of the molecule is Cc1cccc(N2CCN(C(=O)Cn3nc(C4CC4)ccc3=O)CC2)c1. The number of piperazine rings is 1. The lowest BCUT2D eigenvalue weighted by Gasteiger charge is -2.36. The molecule has 2 aliphatic rings. The van der Waals surface area contributed by atoms with Crippen molar-refractivity contribution < 1.29 is 4.79 Å². The smallest absolute Gasteiger partial charge is 0.267 e. The van der Waals surface area contributed by atoms with Crippen LogP contribution in [0.1, 0.15) is 30.0 Å². The molecule has 0 bridgehead atoms. The molecule has 0 radical (unpaired) electrons. The molecular formula is C20H24N4O2. The number of benzene rings is 1. The maximum Gasteiger partial charge on any atom is 0.267 e. The van der Waals surface area contributed by atoms with Crippen molar-refractivity contribution in [3.63, 3.8) is 0 Å². The van der Waals surface area contributed by atoms with Gasteiger partial charge in [-0.3, -0.25) is 9.59 Å². The lowest BCUT2D eigenvalue weighted by atomic mass is 10.2. The van der Waals surface area contributed by atoms with Crippen LogP contribution in [0.15, 0.2) is 41.2 Å². The van der Waals surface area contributed by atoms with E-state index in [1.54, 1.807) is 6.07 Å². The van der Waals surface area contributed by atoms with Gasteiger partial charge in [-0.1, -0.05) is 12.1 Å². The Balaban J connectivity index is 1.38. The summed E-state index contributed by atoms with van der Waals surface area (Å²) < 4.78 is 1.32. The summed E-state index contributed by atoms with van der Waals surface area (Å²) in [5.41, 5.74) is 3.16. The van der Waals surface area contributed by atoms with Crippen LogP contribution < -0.4 is 10.5 Å². The summed E-state index contributed by atoms with van der Waals surface area (Å²) in [5.74, 6) is 0.436. The molecule has 2 fully saturated rings. The zero-order valence-corrected chi connectivity index (χ0v) is 15.1. The third kappa shape index (κ3) is 3.64. The average molecular weight is 352 g/mol. The fourth-order valence-corrected chi connectivity index (χ4v) is 3.44. The number of carbonyl (C=O) groups is 1. The predicted octanol–water partition coefficient (Wildman–Crippen LogP) is 1.78. The van der Waals surface area contributed by atoms with Crippen LogP contribution in [0.2, 0.25) is 0 Å². The van der Waals surface area contributed by atoms with Crippen molar-refractivity contribution in [2.45, 2.75) is 32.2 Å². The van der Waals surface area contributed by atoms with Gasteiger partial charge < -0.3 is 9.80 Å². The van der Waals surface area contributed by atoms with E-state index in [4.69, 9.17) is 0 Å². The zero-order chi connectivity index (χ0) is 18.1. The molecule has 2 aromatic rings. The van der Waals surface area contributed by atoms with Gasteiger partial charge in [0, 0.05) is 43.9 Å². The number of aryl methyl sites for hydroxylation is 1. The van der Waals surface area contributed by atoms with E-state index in [-0.39, 0.29) is 18.0 Å². The third-order valence-electron chi connectivity index (χ3n) is 5.17. The highest BCUT2D eigenvalue weighted by atomic mass is 16.2. The summed E-state index contributed by atoms with van der Waals surface area (Å²) in [6.45, 7) is 5.07. The van der Waals surface area contributed by atoms with Crippen LogP contribution in [0.4, 0.5) is 5.69 Å². The Morgan fingerprint density at radius 3 is 2.58 bits per heavy atom. The molecule has 1 aliphatic carbocycles. The van der Waals surface area contributed by atoms with Crippen LogP contribution in [0.3, 0.4) is 0 Å². The molecule has 0 spiro atoms. The van der Waals surface area contributed by atoms with E-state index in [0.717, 1.165) is 31.6 Å². The molecule has 1 saturated heterocycles. The molecular weight excluding hydrogens is 328 g/mol. The number of carbonyl (C=O) groups excluding carboxylic acids is 1. The van der Waals surface area contributed by atoms with Crippen molar-refractivity contribution in [3.05, 3.63) is 58.0 Å². The number of hydrogen-bond donors (Lipinski definition) is 0. The Hall–Kier alpha value is -2.63. The average Bonchev–Trinajstić information content (AvgIpc) is 3.49. The van der Waals surface area contributed by atoms with Gasteiger partial charge in [0.2, 0.25) is 5.91 Å². The number of amides is 1. The molecule has 1 saturated carbocycles. The highest BCUT2D eigenvalue weighted by molar-refractivity contribution is 5.76. The molecule has 0 unspecified atom stereocenters. The van der Waals surface area contributed by atoms with Gasteiger partial charge in [-0.15, -0.1) is 0 Å². The van der Waals surface area contributed by atoms with Crippen molar-refractivity contribution in [3.8, 4) is 0 Å². The molecule has 1 amide bonds. The first-order chi connectivity index (χ1) is 12.6. The fourth-order valence-electron chi connectivity index (χ4n) is 3.44. The molecule has 6 heteroatoms. The van der Waals surface area contributed by atoms with E-state index < -0.39 is 0 Å². The Morgan fingerprint density at radius 1 is 1.12 bits per heavy atom. The van der Waals surface area contributed by atoms with Crippen LogP contribution in [-0.4, -0.2) is 46.8 Å². The van der Waals surface area contributed by atoms with Crippen molar-refractivity contribution in [1.29, 1.82) is 0 Å². The largest absolute Gasteiger partial charge is 0.368 e. The fraction of sp³-hybridized carbons (Fsp3) is 0.450. The van der Waals surface area contributed by atoms with Gasteiger partial charge >= 0.3 is 0 Å². The van der Waals surface area contributed by atoms with Crippen molar-refractivity contribution in [2.75, 3.05) is 31.1 Å². The molecule has 6 nitrogen and oxygen atoms in total. The number of hydrogen-bond acceptors (Lipinski definition) is 4. The van der Waals surface area contributed by atoms with Gasteiger partial charge in [-0.2, -0.15) is 5.10 Å². The normalized spacial score (nSPS) is 17.4. The molecule has 136 valence electrons. The van der Waals surface area contributed by atoms with Crippen LogP contribution in [0.25, 0.3) is 0 Å². The summed E-state index contributed by atoms with van der Waals surface area (Å²) in [4.78, 5) is 28.8. The van der Waals surface area contributed by atoms with Crippen molar-refractivity contribution in [2.24, 2.45) is 0 Å². The Bertz CT molecular complexity index is 864. The molecule has 1 aromatic carbocycles. The van der Waals surface area contributed by atoms with E-state index in [0.29, 0.717) is 19.0 Å². The lowest BCUT2D eigenvalue weighted by Crippen LogP contribution is -2.50. The van der Waals surface area contributed by atoms with Gasteiger partial charge in [-0.05, 0) is 43.5 Å². The zero-order valence-electron chi connectivity index (χ0n) is 15.1. The minimum Gasteiger partial charge on any atom is -0.368 e. The number of nitrogens with zero attached hydrogens (tertiary/aromatic N) is 4. The van der Waals surface area contributed by atoms with E-state index in [2.05, 4.69) is 41.2 Å². The number of rotatable bonds is 4. The minimum atomic E-state index is -0.207. The monoisotopic (exact) mass is 352 g/mol. The quantitative estimate of drug-likeness (QED) is 0.842. The Morgan fingerprint density at radius 2 is 1.88 bits per heavy atom. The maximum atomic E-state index is 12.6. The van der Waals surface area contributed by atoms with Gasteiger partial charge in [0.1, 0.15) is 6.54 Å². The second-order valence-corrected chi connectivity index (χ2v) is 7.24. The van der Waals surface area contributed by atoms with E-state index >= 15 is 0 Å². The summed E-state index contributed by atoms with van der Waals surface area (Å²) in [6, 6.07) is 11.8. The molecule has 2 heterocycles. The number of aromatic nitrogens is 2. The second kappa shape index (κ2) is 6.94. The standard InChI is InChI=1S/C20H24N4O2/c1-15-3-2-4-17(13-15)22-9-11-23(12-10-22)20(26)14-24-19(25)8-7-18(21-24)16-5-6-16/h2-4,7-8,13,16H,5-6,9-12,14H2,1H3. The summed E-state index contributed by atoms with van der Waals surface area (Å²) >= 11 is 0. The summed E-state index contributed by atoms with van der Waals surface area (Å²) in [6.07, 6.45) is 2.25. The first-order valence-corrected chi connectivity index (χ1v) is 9.27. The third-order valence-corrected chi connectivity index (χ3v) is 5.17. The minimum absolute atomic E-state index is 0.0311. The van der Waals surface area contributed by atoms with Gasteiger partial charge in [0.15, 0.2) is 0 Å². The van der Waals surface area contributed by atoms with E-state index in [1.165, 1.54) is 22.0 Å². The topological polar surface area (TPSA) is 58.4 Å². The first kappa shape index (κ1) is 16.8. The highest BCUT2D eigenvalue weighted by Crippen LogP contribution is 2.38. The molecule has 1 aliphatic heterocycles. The van der Waals surface area contributed by atoms with Gasteiger partial charge in [-0.25, -0.2) is 4.68 Å². The van der Waals surface area contributed by atoms with Crippen LogP contribution in [0, 0.1) is 6.92 Å². The summed E-state index contributed by atoms with van der Waals surface area (Å²) in [5, 5.41) is 4.39. The first-order valence-electron chi connectivity index (χ1n) is 9.27. The Kier molecular flexibility index (Phi) is 4.49. The maximum absolute atomic E-state index is 12.6. The molecule has 0 atom stereocenters. The predicted molar refractivity (Wildman–Crippen MR) is 100 cm³/mol. The lowest BCUT2D eigenvalue weighted by molar-refractivity contribution is -0.132. The molecule has 4 rings (SSSR count). The van der Waals surface area contributed by atoms with Crippen LogP contribution in [-0.2, 0) is 11.3 Å². The molecule has 0 N–H and O–H groups in total. The van der Waals surface area contributed by atoms with Gasteiger partial charge in [0.05, 0.1) is 5.69 Å². The van der Waals surface area contributed by atoms with Crippen molar-refractivity contribution in [1.82, 2.24) is 14.7 Å². The number of anilines is 1.